The van der Waals surface area contributed by atoms with Crippen LogP contribution in [0.5, 0.6) is 5.75 Å². The highest BCUT2D eigenvalue weighted by atomic mass is 16.3. The molecular weight excluding hydrogens is 328 g/mol. The van der Waals surface area contributed by atoms with Gasteiger partial charge in [-0.25, -0.2) is 5.43 Å². The number of hydrazone groups is 1. The molecule has 2 aromatic carbocycles. The molecule has 132 valence electrons. The molecule has 2 N–H and O–H groups in total. The van der Waals surface area contributed by atoms with E-state index in [-0.39, 0.29) is 11.7 Å². The number of phenols is 1. The molecule has 0 atom stereocenters. The lowest BCUT2D eigenvalue weighted by Gasteiger charge is -2.04. The predicted octanol–water partition coefficient (Wildman–Crippen LogP) is 3.02. The topological polar surface area (TPSA) is 79.5 Å². The first kappa shape index (κ1) is 17.4. The van der Waals surface area contributed by atoms with Crippen molar-refractivity contribution < 1.29 is 9.90 Å². The fourth-order valence-corrected chi connectivity index (χ4v) is 2.64. The summed E-state index contributed by atoms with van der Waals surface area (Å²) in [5.41, 5.74) is 6.80. The quantitative estimate of drug-likeness (QED) is 0.549. The van der Waals surface area contributed by atoms with Crippen LogP contribution < -0.4 is 5.43 Å². The summed E-state index contributed by atoms with van der Waals surface area (Å²) >= 11 is 0. The van der Waals surface area contributed by atoms with Crippen LogP contribution in [0.1, 0.15) is 32.9 Å². The highest BCUT2D eigenvalue weighted by molar-refractivity contribution is 5.95. The second-order valence-electron chi connectivity index (χ2n) is 5.97. The molecule has 0 aliphatic rings. The van der Waals surface area contributed by atoms with Crippen molar-refractivity contribution in [3.63, 3.8) is 0 Å². The molecule has 3 aromatic rings. The van der Waals surface area contributed by atoms with Crippen molar-refractivity contribution >= 4 is 12.1 Å². The van der Waals surface area contributed by atoms with Gasteiger partial charge in [0.15, 0.2) is 0 Å². The van der Waals surface area contributed by atoms with E-state index in [9.17, 15) is 9.90 Å². The maximum absolute atomic E-state index is 12.0. The number of hydrogen-bond donors (Lipinski definition) is 2. The normalized spacial score (nSPS) is 11.0. The van der Waals surface area contributed by atoms with E-state index in [0.717, 1.165) is 17.0 Å². The highest BCUT2D eigenvalue weighted by Crippen LogP contribution is 2.13. The zero-order valence-electron chi connectivity index (χ0n) is 14.7. The van der Waals surface area contributed by atoms with Gasteiger partial charge in [0.1, 0.15) is 5.75 Å². The molecule has 6 nitrogen and oxygen atoms in total. The number of nitrogens with zero attached hydrogens (tertiary/aromatic N) is 3. The Morgan fingerprint density at radius 2 is 1.85 bits per heavy atom. The van der Waals surface area contributed by atoms with Crippen LogP contribution in [0.15, 0.2) is 59.7 Å². The average Bonchev–Trinajstić information content (AvgIpc) is 2.90. The molecule has 1 heterocycles. The number of aromatic hydroxyl groups is 1. The van der Waals surface area contributed by atoms with E-state index >= 15 is 0 Å². The summed E-state index contributed by atoms with van der Waals surface area (Å²) in [5.74, 6) is -0.227. The Bertz CT molecular complexity index is 928. The summed E-state index contributed by atoms with van der Waals surface area (Å²) in [5, 5.41) is 17.9. The Balaban J connectivity index is 1.70. The first-order valence-electron chi connectivity index (χ1n) is 8.25. The first-order valence-corrected chi connectivity index (χ1v) is 8.25. The van der Waals surface area contributed by atoms with E-state index in [2.05, 4.69) is 27.8 Å². The van der Waals surface area contributed by atoms with Crippen LogP contribution in [0, 0.1) is 13.8 Å². The number of nitrogens with one attached hydrogen (secondary N) is 1. The molecule has 0 bridgehead atoms. The maximum atomic E-state index is 12.0. The van der Waals surface area contributed by atoms with Crippen molar-refractivity contribution in [1.82, 2.24) is 15.2 Å². The summed E-state index contributed by atoms with van der Waals surface area (Å²) in [6.07, 6.45) is 1.61. The average molecular weight is 348 g/mol. The monoisotopic (exact) mass is 348 g/mol. The molecule has 1 amide bonds. The lowest BCUT2D eigenvalue weighted by molar-refractivity contribution is 0.0955. The van der Waals surface area contributed by atoms with Crippen LogP contribution >= 0.6 is 0 Å². The third kappa shape index (κ3) is 3.97. The van der Waals surface area contributed by atoms with Gasteiger partial charge in [-0.3, -0.25) is 9.48 Å². The van der Waals surface area contributed by atoms with Crippen LogP contribution in [0.4, 0.5) is 0 Å². The molecule has 0 saturated carbocycles. The third-order valence-electron chi connectivity index (χ3n) is 4.10. The Morgan fingerprint density at radius 1 is 1.15 bits per heavy atom. The van der Waals surface area contributed by atoms with Crippen molar-refractivity contribution in [2.75, 3.05) is 0 Å². The van der Waals surface area contributed by atoms with Crippen molar-refractivity contribution in [2.24, 2.45) is 5.10 Å². The van der Waals surface area contributed by atoms with Gasteiger partial charge in [0, 0.05) is 16.8 Å². The third-order valence-corrected chi connectivity index (χ3v) is 4.10. The smallest absolute Gasteiger partial charge is 0.271 e. The molecule has 26 heavy (non-hydrogen) atoms. The lowest BCUT2D eigenvalue weighted by Crippen LogP contribution is -2.17. The van der Waals surface area contributed by atoms with Gasteiger partial charge in [0.2, 0.25) is 0 Å². The van der Waals surface area contributed by atoms with Gasteiger partial charge in [-0.15, -0.1) is 0 Å². The summed E-state index contributed by atoms with van der Waals surface area (Å²) in [7, 11) is 0. The molecule has 0 saturated heterocycles. The largest absolute Gasteiger partial charge is 0.508 e. The number of carbonyl (C=O) groups excluding carboxylic acids is 1. The summed E-state index contributed by atoms with van der Waals surface area (Å²) in [4.78, 5) is 12.0. The minimum absolute atomic E-state index is 0.113. The van der Waals surface area contributed by atoms with Crippen molar-refractivity contribution in [1.29, 1.82) is 0 Å². The summed E-state index contributed by atoms with van der Waals surface area (Å²) < 4.78 is 1.92. The number of carbonyl (C=O) groups is 1. The second kappa shape index (κ2) is 7.65. The van der Waals surface area contributed by atoms with Gasteiger partial charge >= 0.3 is 0 Å². The zero-order chi connectivity index (χ0) is 18.5. The van der Waals surface area contributed by atoms with E-state index in [1.54, 1.807) is 6.21 Å². The molecule has 0 spiro atoms. The minimum atomic E-state index is -0.340. The predicted molar refractivity (Wildman–Crippen MR) is 100 cm³/mol. The number of phenolic OH excluding ortho intramolecular Hbond substituents is 1. The number of rotatable bonds is 5. The van der Waals surface area contributed by atoms with Gasteiger partial charge in [-0.05, 0) is 43.7 Å². The standard InChI is InChI=1S/C20H20N4O2/c1-14-19(12-21-22-20(26)17-8-10-18(25)11-9-17)15(2)24(23-14)13-16-6-4-3-5-7-16/h3-12,25H,13H2,1-2H3,(H,22,26)/b21-12+. The fraction of sp³-hybridized carbons (Fsp3) is 0.150. The molecule has 1 aromatic heterocycles. The van der Waals surface area contributed by atoms with Gasteiger partial charge in [0.25, 0.3) is 5.91 Å². The Kier molecular flexibility index (Phi) is 5.12. The SMILES string of the molecule is Cc1nn(Cc2ccccc2)c(C)c1/C=N/NC(=O)c1ccc(O)cc1. The molecule has 0 aliphatic carbocycles. The van der Waals surface area contributed by atoms with Gasteiger partial charge in [-0.2, -0.15) is 10.2 Å². The summed E-state index contributed by atoms with van der Waals surface area (Å²) in [6.45, 7) is 4.57. The number of aromatic nitrogens is 2. The van der Waals surface area contributed by atoms with Crippen molar-refractivity contribution in [2.45, 2.75) is 20.4 Å². The second-order valence-corrected chi connectivity index (χ2v) is 5.97. The first-order chi connectivity index (χ1) is 12.5. The summed E-state index contributed by atoms with van der Waals surface area (Å²) in [6, 6.07) is 16.1. The maximum Gasteiger partial charge on any atom is 0.271 e. The van der Waals surface area contributed by atoms with E-state index < -0.39 is 0 Å². The molecule has 3 rings (SSSR count). The number of amides is 1. The zero-order valence-corrected chi connectivity index (χ0v) is 14.7. The number of aryl methyl sites for hydroxylation is 1. The van der Waals surface area contributed by atoms with E-state index in [4.69, 9.17) is 0 Å². The Morgan fingerprint density at radius 3 is 2.54 bits per heavy atom. The van der Waals surface area contributed by atoms with Crippen LogP contribution in [0.2, 0.25) is 0 Å². The molecule has 0 fully saturated rings. The van der Waals surface area contributed by atoms with Crippen LogP contribution in [-0.4, -0.2) is 27.0 Å². The number of benzene rings is 2. The highest BCUT2D eigenvalue weighted by Gasteiger charge is 2.10. The van der Waals surface area contributed by atoms with Crippen molar-refractivity contribution in [3.8, 4) is 5.75 Å². The van der Waals surface area contributed by atoms with E-state index in [1.165, 1.54) is 29.8 Å². The van der Waals surface area contributed by atoms with Crippen LogP contribution in [0.3, 0.4) is 0 Å². The van der Waals surface area contributed by atoms with Gasteiger partial charge < -0.3 is 5.11 Å². The van der Waals surface area contributed by atoms with E-state index in [1.807, 2.05) is 36.7 Å². The van der Waals surface area contributed by atoms with Crippen LogP contribution in [0.25, 0.3) is 0 Å². The molecule has 0 unspecified atom stereocenters. The van der Waals surface area contributed by atoms with E-state index in [0.29, 0.717) is 12.1 Å². The Labute approximate surface area is 151 Å². The van der Waals surface area contributed by atoms with Crippen LogP contribution in [-0.2, 0) is 6.54 Å². The number of hydrogen-bond acceptors (Lipinski definition) is 4. The molecular formula is C20H20N4O2. The van der Waals surface area contributed by atoms with Gasteiger partial charge in [0.05, 0.1) is 18.5 Å². The molecule has 6 heteroatoms. The fourth-order valence-electron chi connectivity index (χ4n) is 2.64. The lowest BCUT2D eigenvalue weighted by atomic mass is 10.2. The molecule has 0 aliphatic heterocycles. The molecule has 0 radical (unpaired) electrons. The van der Waals surface area contributed by atoms with Gasteiger partial charge in [-0.1, -0.05) is 30.3 Å². The minimum Gasteiger partial charge on any atom is -0.508 e. The Hall–Kier alpha value is -3.41. The van der Waals surface area contributed by atoms with Crippen molar-refractivity contribution in [3.05, 3.63) is 82.7 Å².